The Labute approximate surface area is 114 Å². The molecule has 0 aromatic carbocycles. The van der Waals surface area contributed by atoms with Crippen molar-refractivity contribution in [2.45, 2.75) is 19.8 Å². The van der Waals surface area contributed by atoms with Gasteiger partial charge in [-0.15, -0.1) is 0 Å². The van der Waals surface area contributed by atoms with Gasteiger partial charge in [0.15, 0.2) is 0 Å². The van der Waals surface area contributed by atoms with E-state index < -0.39 is 0 Å². The molecular formula is C13H23N5O. The fourth-order valence-electron chi connectivity index (χ4n) is 2.95. The minimum atomic E-state index is 0.0921. The number of nitrogens with two attached hydrogens (primary N) is 1. The van der Waals surface area contributed by atoms with E-state index in [2.05, 4.69) is 10.00 Å². The number of rotatable bonds is 4. The Bertz CT molecular complexity index is 466. The second-order valence-electron chi connectivity index (χ2n) is 5.23. The van der Waals surface area contributed by atoms with Crippen LogP contribution in [-0.2, 0) is 11.8 Å². The third kappa shape index (κ3) is 2.73. The third-order valence-electron chi connectivity index (χ3n) is 3.68. The van der Waals surface area contributed by atoms with Gasteiger partial charge in [-0.1, -0.05) is 0 Å². The molecule has 0 bridgehead atoms. The number of nitrogen functional groups attached to an aromatic ring is 1. The van der Waals surface area contributed by atoms with Gasteiger partial charge in [-0.05, 0) is 25.7 Å². The van der Waals surface area contributed by atoms with Gasteiger partial charge in [0.25, 0.3) is 0 Å². The molecule has 1 atom stereocenters. The number of amidine groups is 1. The molecule has 0 radical (unpaired) electrons. The number of nitrogens with one attached hydrogen (secondary N) is 1. The van der Waals surface area contributed by atoms with Crippen LogP contribution in [0.5, 0.6) is 0 Å². The highest BCUT2D eigenvalue weighted by Crippen LogP contribution is 2.27. The Morgan fingerprint density at radius 2 is 2.32 bits per heavy atom. The molecule has 19 heavy (non-hydrogen) atoms. The van der Waals surface area contributed by atoms with E-state index in [-0.39, 0.29) is 5.84 Å². The molecule has 1 fully saturated rings. The summed E-state index contributed by atoms with van der Waals surface area (Å²) in [4.78, 5) is 2.28. The molecule has 0 saturated carbocycles. The van der Waals surface area contributed by atoms with Gasteiger partial charge in [-0.25, -0.2) is 0 Å². The Morgan fingerprint density at radius 3 is 2.95 bits per heavy atom. The normalized spacial score (nSPS) is 19.7. The van der Waals surface area contributed by atoms with Crippen molar-refractivity contribution in [1.82, 2.24) is 9.78 Å². The SMILES string of the molecule is COCC1CCCN(c2c(C(=N)N)c(C)nn2C)C1. The molecule has 0 spiro atoms. The standard InChI is InChI=1S/C13H23N5O/c1-9-11(12(14)15)13(17(2)16-9)18-6-4-5-10(7-18)8-19-3/h10H,4-8H2,1-3H3,(H3,14,15). The molecule has 0 amide bonds. The maximum absolute atomic E-state index is 7.75. The van der Waals surface area contributed by atoms with E-state index in [0.717, 1.165) is 43.2 Å². The van der Waals surface area contributed by atoms with Crippen molar-refractivity contribution in [3.05, 3.63) is 11.3 Å². The van der Waals surface area contributed by atoms with Crippen LogP contribution < -0.4 is 10.6 Å². The van der Waals surface area contributed by atoms with Crippen molar-refractivity contribution in [2.75, 3.05) is 31.7 Å². The topological polar surface area (TPSA) is 80.2 Å². The van der Waals surface area contributed by atoms with Gasteiger partial charge >= 0.3 is 0 Å². The van der Waals surface area contributed by atoms with Crippen LogP contribution in [-0.4, -0.2) is 42.4 Å². The molecule has 1 aliphatic heterocycles. The zero-order valence-corrected chi connectivity index (χ0v) is 11.9. The predicted molar refractivity (Wildman–Crippen MR) is 75.8 cm³/mol. The van der Waals surface area contributed by atoms with Crippen molar-refractivity contribution in [3.63, 3.8) is 0 Å². The Morgan fingerprint density at radius 1 is 1.58 bits per heavy atom. The number of piperidine rings is 1. The van der Waals surface area contributed by atoms with Crippen LogP contribution in [0, 0.1) is 18.3 Å². The Kier molecular flexibility index (Phi) is 4.09. The van der Waals surface area contributed by atoms with Crippen LogP contribution in [0.2, 0.25) is 0 Å². The van der Waals surface area contributed by atoms with Crippen LogP contribution in [0.1, 0.15) is 24.1 Å². The smallest absolute Gasteiger partial charge is 0.137 e. The first-order valence-corrected chi connectivity index (χ1v) is 6.66. The highest BCUT2D eigenvalue weighted by Gasteiger charge is 2.26. The summed E-state index contributed by atoms with van der Waals surface area (Å²) >= 11 is 0. The van der Waals surface area contributed by atoms with Crippen LogP contribution in [0.25, 0.3) is 0 Å². The second kappa shape index (κ2) is 5.61. The van der Waals surface area contributed by atoms with Crippen LogP contribution in [0.15, 0.2) is 0 Å². The number of hydrogen-bond donors (Lipinski definition) is 2. The van der Waals surface area contributed by atoms with Crippen LogP contribution in [0.4, 0.5) is 5.82 Å². The number of methoxy groups -OCH3 is 1. The average Bonchev–Trinajstić information content (AvgIpc) is 2.65. The van der Waals surface area contributed by atoms with E-state index in [1.165, 1.54) is 6.42 Å². The van der Waals surface area contributed by atoms with E-state index in [9.17, 15) is 0 Å². The summed E-state index contributed by atoms with van der Waals surface area (Å²) in [5.41, 5.74) is 7.29. The van der Waals surface area contributed by atoms with E-state index >= 15 is 0 Å². The van der Waals surface area contributed by atoms with Gasteiger partial charge in [0.05, 0.1) is 17.9 Å². The predicted octanol–water partition coefficient (Wildman–Crippen LogP) is 0.875. The highest BCUT2D eigenvalue weighted by atomic mass is 16.5. The van der Waals surface area contributed by atoms with Crippen molar-refractivity contribution < 1.29 is 4.74 Å². The van der Waals surface area contributed by atoms with Crippen molar-refractivity contribution in [3.8, 4) is 0 Å². The summed E-state index contributed by atoms with van der Waals surface area (Å²) in [6.45, 7) is 4.60. The maximum Gasteiger partial charge on any atom is 0.137 e. The zero-order valence-electron chi connectivity index (χ0n) is 11.9. The highest BCUT2D eigenvalue weighted by molar-refractivity contribution is 6.00. The van der Waals surface area contributed by atoms with Crippen LogP contribution in [0.3, 0.4) is 0 Å². The number of hydrogen-bond acceptors (Lipinski definition) is 4. The molecule has 1 saturated heterocycles. The molecule has 1 aliphatic rings. The minimum Gasteiger partial charge on any atom is -0.384 e. The van der Waals surface area contributed by atoms with E-state index in [4.69, 9.17) is 15.9 Å². The first-order chi connectivity index (χ1) is 9.04. The summed E-state index contributed by atoms with van der Waals surface area (Å²) in [5, 5.41) is 12.2. The molecule has 6 heteroatoms. The lowest BCUT2D eigenvalue weighted by Crippen LogP contribution is -2.39. The van der Waals surface area contributed by atoms with E-state index in [1.54, 1.807) is 7.11 Å². The molecule has 1 unspecified atom stereocenters. The van der Waals surface area contributed by atoms with Crippen LogP contribution >= 0.6 is 0 Å². The molecule has 3 N–H and O–H groups in total. The average molecular weight is 265 g/mol. The lowest BCUT2D eigenvalue weighted by Gasteiger charge is -2.34. The molecule has 2 rings (SSSR count). The van der Waals surface area contributed by atoms with Gasteiger partial charge in [-0.2, -0.15) is 5.10 Å². The lowest BCUT2D eigenvalue weighted by atomic mass is 9.98. The van der Waals surface area contributed by atoms with Crippen molar-refractivity contribution in [1.29, 1.82) is 5.41 Å². The number of aromatic nitrogens is 2. The molecule has 1 aromatic rings. The zero-order chi connectivity index (χ0) is 14.0. The van der Waals surface area contributed by atoms with Gasteiger partial charge in [-0.3, -0.25) is 10.1 Å². The first-order valence-electron chi connectivity index (χ1n) is 6.66. The van der Waals surface area contributed by atoms with Crippen molar-refractivity contribution >= 4 is 11.7 Å². The van der Waals surface area contributed by atoms with Gasteiger partial charge < -0.3 is 15.4 Å². The quantitative estimate of drug-likeness (QED) is 0.625. The summed E-state index contributed by atoms with van der Waals surface area (Å²) in [6.07, 6.45) is 2.33. The summed E-state index contributed by atoms with van der Waals surface area (Å²) < 4.78 is 7.10. The van der Waals surface area contributed by atoms with E-state index in [0.29, 0.717) is 5.92 Å². The molecule has 0 aliphatic carbocycles. The maximum atomic E-state index is 7.75. The second-order valence-corrected chi connectivity index (χ2v) is 5.23. The Hall–Kier alpha value is -1.56. The summed E-state index contributed by atoms with van der Waals surface area (Å²) in [7, 11) is 3.66. The number of nitrogens with zero attached hydrogens (tertiary/aromatic N) is 3. The summed E-state index contributed by atoms with van der Waals surface area (Å²) in [6, 6.07) is 0. The molecular weight excluding hydrogens is 242 g/mol. The number of aryl methyl sites for hydroxylation is 2. The monoisotopic (exact) mass is 265 g/mol. The fraction of sp³-hybridized carbons (Fsp3) is 0.692. The largest absolute Gasteiger partial charge is 0.384 e. The Balaban J connectivity index is 2.28. The van der Waals surface area contributed by atoms with E-state index in [1.807, 2.05) is 18.7 Å². The molecule has 106 valence electrons. The molecule has 6 nitrogen and oxygen atoms in total. The van der Waals surface area contributed by atoms with Gasteiger partial charge in [0.1, 0.15) is 11.7 Å². The van der Waals surface area contributed by atoms with Gasteiger partial charge in [0.2, 0.25) is 0 Å². The first kappa shape index (κ1) is 13.9. The number of anilines is 1. The van der Waals surface area contributed by atoms with Crippen molar-refractivity contribution in [2.24, 2.45) is 18.7 Å². The summed E-state index contributed by atoms with van der Waals surface area (Å²) in [5.74, 6) is 1.59. The fourth-order valence-corrected chi connectivity index (χ4v) is 2.95. The molecule has 1 aromatic heterocycles. The van der Waals surface area contributed by atoms with Gasteiger partial charge in [0, 0.05) is 27.2 Å². The minimum absolute atomic E-state index is 0.0921. The third-order valence-corrected chi connectivity index (χ3v) is 3.68. The lowest BCUT2D eigenvalue weighted by molar-refractivity contribution is 0.143. The number of ether oxygens (including phenoxy) is 1. The molecule has 2 heterocycles.